The minimum Gasteiger partial charge on any atom is -0.480 e. The van der Waals surface area contributed by atoms with Crippen LogP contribution in [0.5, 0.6) is 0 Å². The van der Waals surface area contributed by atoms with Gasteiger partial charge in [0.15, 0.2) is 0 Å². The van der Waals surface area contributed by atoms with Gasteiger partial charge in [0.25, 0.3) is 5.22 Å². The summed E-state index contributed by atoms with van der Waals surface area (Å²) in [5, 5.41) is 9.26. The molecule has 1 aromatic heterocycles. The van der Waals surface area contributed by atoms with Crippen molar-refractivity contribution >= 4 is 17.7 Å². The van der Waals surface area contributed by atoms with Gasteiger partial charge in [-0.2, -0.15) is 0 Å². The first-order valence-corrected chi connectivity index (χ1v) is 5.05. The highest BCUT2D eigenvalue weighted by Gasteiger charge is 2.27. The van der Waals surface area contributed by atoms with Crippen molar-refractivity contribution in [3.63, 3.8) is 0 Å². The first kappa shape index (κ1) is 11.1. The molecule has 0 aromatic carbocycles. The molecule has 0 fully saturated rings. The molecule has 0 bridgehead atoms. The normalized spacial score (nSPS) is 15.0. The van der Waals surface area contributed by atoms with Gasteiger partial charge < -0.3 is 15.3 Å². The van der Waals surface area contributed by atoms with Gasteiger partial charge in [0, 0.05) is 5.75 Å². The lowest BCUT2D eigenvalue weighted by molar-refractivity contribution is -0.142. The molecule has 14 heavy (non-hydrogen) atoms. The number of hydrogen-bond donors (Lipinski definition) is 2. The molecule has 0 saturated carbocycles. The van der Waals surface area contributed by atoms with Crippen LogP contribution in [-0.2, 0) is 4.79 Å². The topological polar surface area (TPSA) is 89.4 Å². The van der Waals surface area contributed by atoms with Crippen molar-refractivity contribution in [2.45, 2.75) is 24.1 Å². The molecule has 1 heterocycles. The molecule has 1 unspecified atom stereocenters. The van der Waals surface area contributed by atoms with Crippen LogP contribution < -0.4 is 5.73 Å². The number of thioether (sulfide) groups is 1. The molecule has 6 heteroatoms. The van der Waals surface area contributed by atoms with Gasteiger partial charge in [-0.1, -0.05) is 11.8 Å². The Balaban J connectivity index is 2.31. The van der Waals surface area contributed by atoms with Gasteiger partial charge in [0.2, 0.25) is 0 Å². The quantitative estimate of drug-likeness (QED) is 0.712. The average Bonchev–Trinajstić information content (AvgIpc) is 2.56. The molecule has 0 aliphatic carbocycles. The Morgan fingerprint density at radius 2 is 2.57 bits per heavy atom. The fourth-order valence-corrected chi connectivity index (χ4v) is 1.70. The Labute approximate surface area is 85.7 Å². The van der Waals surface area contributed by atoms with Crippen LogP contribution >= 0.6 is 11.8 Å². The van der Waals surface area contributed by atoms with Crippen LogP contribution in [0.1, 0.15) is 13.3 Å². The Hall–Kier alpha value is -1.01. The molecule has 3 N–H and O–H groups in total. The van der Waals surface area contributed by atoms with Crippen LogP contribution in [-0.4, -0.2) is 27.4 Å². The smallest absolute Gasteiger partial charge is 0.323 e. The van der Waals surface area contributed by atoms with Crippen molar-refractivity contribution in [2.75, 3.05) is 5.75 Å². The zero-order valence-electron chi connectivity index (χ0n) is 7.77. The zero-order valence-corrected chi connectivity index (χ0v) is 8.58. The molecule has 0 aliphatic rings. The van der Waals surface area contributed by atoms with Crippen LogP contribution in [0.4, 0.5) is 0 Å². The highest BCUT2D eigenvalue weighted by molar-refractivity contribution is 7.99. The highest BCUT2D eigenvalue weighted by atomic mass is 32.2. The molecule has 1 aromatic rings. The number of nitrogens with zero attached hydrogens (tertiary/aromatic N) is 1. The van der Waals surface area contributed by atoms with Gasteiger partial charge in [0.05, 0.1) is 6.20 Å². The number of aromatic nitrogens is 1. The van der Waals surface area contributed by atoms with Gasteiger partial charge in [-0.3, -0.25) is 4.79 Å². The molecule has 0 radical (unpaired) electrons. The van der Waals surface area contributed by atoms with E-state index in [0.29, 0.717) is 17.4 Å². The third-order valence-corrected chi connectivity index (χ3v) is 2.60. The van der Waals surface area contributed by atoms with Crippen molar-refractivity contribution in [3.05, 3.63) is 12.5 Å². The molecule has 0 aliphatic heterocycles. The number of hydrogen-bond acceptors (Lipinski definition) is 5. The van der Waals surface area contributed by atoms with E-state index in [1.165, 1.54) is 24.9 Å². The highest BCUT2D eigenvalue weighted by Crippen LogP contribution is 2.19. The van der Waals surface area contributed by atoms with Crippen LogP contribution in [0.3, 0.4) is 0 Å². The summed E-state index contributed by atoms with van der Waals surface area (Å²) in [7, 11) is 0. The number of rotatable bonds is 5. The molecular weight excluding hydrogens is 204 g/mol. The number of carbonyl (C=O) groups is 1. The average molecular weight is 216 g/mol. The predicted octanol–water partition coefficient (Wildman–Crippen LogP) is 0.959. The molecule has 1 atom stereocenters. The lowest BCUT2D eigenvalue weighted by Crippen LogP contribution is -2.45. The lowest BCUT2D eigenvalue weighted by Gasteiger charge is -2.17. The van der Waals surface area contributed by atoms with Gasteiger partial charge in [-0.25, -0.2) is 4.98 Å². The Kier molecular flexibility index (Phi) is 3.54. The largest absolute Gasteiger partial charge is 0.480 e. The summed E-state index contributed by atoms with van der Waals surface area (Å²) in [6, 6.07) is 0. The second-order valence-corrected chi connectivity index (χ2v) is 4.17. The van der Waals surface area contributed by atoms with E-state index in [-0.39, 0.29) is 0 Å². The number of carboxylic acid groups (broad SMARTS) is 1. The monoisotopic (exact) mass is 216 g/mol. The van der Waals surface area contributed by atoms with Crippen LogP contribution in [0.15, 0.2) is 22.1 Å². The van der Waals surface area contributed by atoms with Gasteiger partial charge in [0.1, 0.15) is 11.8 Å². The van der Waals surface area contributed by atoms with E-state index >= 15 is 0 Å². The Bertz CT molecular complexity index is 298. The number of oxazole rings is 1. The fourth-order valence-electron chi connectivity index (χ4n) is 0.739. The molecule has 0 amide bonds. The van der Waals surface area contributed by atoms with E-state index in [2.05, 4.69) is 4.98 Å². The zero-order chi connectivity index (χ0) is 10.6. The molecule has 78 valence electrons. The first-order chi connectivity index (χ1) is 6.52. The second-order valence-electron chi connectivity index (χ2n) is 3.12. The molecular formula is C8H12N2O3S. The summed E-state index contributed by atoms with van der Waals surface area (Å²) < 4.78 is 4.97. The Morgan fingerprint density at radius 3 is 3.07 bits per heavy atom. The summed E-state index contributed by atoms with van der Waals surface area (Å²) in [5.74, 6) is -0.426. The molecule has 5 nitrogen and oxygen atoms in total. The molecule has 1 rings (SSSR count). The van der Waals surface area contributed by atoms with E-state index in [0.717, 1.165) is 0 Å². The minimum absolute atomic E-state index is 0.370. The van der Waals surface area contributed by atoms with Gasteiger partial charge >= 0.3 is 5.97 Å². The van der Waals surface area contributed by atoms with Crippen molar-refractivity contribution in [1.82, 2.24) is 4.98 Å². The number of aliphatic carboxylic acids is 1. The predicted molar refractivity (Wildman–Crippen MR) is 52.1 cm³/mol. The van der Waals surface area contributed by atoms with Crippen LogP contribution in [0.25, 0.3) is 0 Å². The SMILES string of the molecule is CC(N)(CCSc1ncco1)C(=O)O. The summed E-state index contributed by atoms with van der Waals surface area (Å²) in [6.07, 6.45) is 3.39. The second kappa shape index (κ2) is 4.47. The van der Waals surface area contributed by atoms with Crippen molar-refractivity contribution in [2.24, 2.45) is 5.73 Å². The van der Waals surface area contributed by atoms with Crippen molar-refractivity contribution in [1.29, 1.82) is 0 Å². The maximum absolute atomic E-state index is 10.6. The van der Waals surface area contributed by atoms with Gasteiger partial charge in [-0.05, 0) is 13.3 Å². The Morgan fingerprint density at radius 1 is 1.86 bits per heavy atom. The van der Waals surface area contributed by atoms with E-state index in [1.807, 2.05) is 0 Å². The van der Waals surface area contributed by atoms with E-state index < -0.39 is 11.5 Å². The number of carboxylic acids is 1. The third kappa shape index (κ3) is 3.04. The minimum atomic E-state index is -1.18. The van der Waals surface area contributed by atoms with Crippen LogP contribution in [0, 0.1) is 0 Å². The summed E-state index contributed by atoms with van der Waals surface area (Å²) in [6.45, 7) is 1.49. The third-order valence-electron chi connectivity index (χ3n) is 1.75. The molecule has 0 saturated heterocycles. The summed E-state index contributed by atoms with van der Waals surface area (Å²) in [5.41, 5.74) is 4.35. The van der Waals surface area contributed by atoms with Gasteiger partial charge in [-0.15, -0.1) is 0 Å². The fraction of sp³-hybridized carbons (Fsp3) is 0.500. The maximum Gasteiger partial charge on any atom is 0.323 e. The summed E-state index contributed by atoms with van der Waals surface area (Å²) >= 11 is 1.35. The van der Waals surface area contributed by atoms with Crippen LogP contribution in [0.2, 0.25) is 0 Å². The maximum atomic E-state index is 10.6. The standard InChI is InChI=1S/C8H12N2O3S/c1-8(9,6(11)12)2-5-14-7-10-3-4-13-7/h3-4H,2,5,9H2,1H3,(H,11,12). The van der Waals surface area contributed by atoms with E-state index in [9.17, 15) is 4.79 Å². The molecule has 0 spiro atoms. The van der Waals surface area contributed by atoms with Crippen molar-refractivity contribution < 1.29 is 14.3 Å². The lowest BCUT2D eigenvalue weighted by atomic mass is 10.0. The number of nitrogens with two attached hydrogens (primary N) is 1. The first-order valence-electron chi connectivity index (χ1n) is 4.07. The van der Waals surface area contributed by atoms with E-state index in [4.69, 9.17) is 15.3 Å². The van der Waals surface area contributed by atoms with Crippen molar-refractivity contribution in [3.8, 4) is 0 Å². The van der Waals surface area contributed by atoms with E-state index in [1.54, 1.807) is 6.20 Å². The summed E-state index contributed by atoms with van der Waals surface area (Å²) in [4.78, 5) is 14.5.